The van der Waals surface area contributed by atoms with Crippen molar-refractivity contribution < 1.29 is 14.0 Å². The number of rotatable bonds is 5. The first-order valence-corrected chi connectivity index (χ1v) is 8.33. The molecule has 0 aliphatic carbocycles. The summed E-state index contributed by atoms with van der Waals surface area (Å²) in [4.78, 5) is 31.4. The standard InChI is InChI=1S/C20H17N3O3/c24-19(22-10-14-7-9-26-13-14)17-6-3-4-15-11-23(20(25)18(15)17)12-16-5-1-2-8-21-16/h1-9,13H,10-12H2,(H,22,24). The van der Waals surface area contributed by atoms with Gasteiger partial charge in [-0.15, -0.1) is 0 Å². The number of nitrogens with zero attached hydrogens (tertiary/aromatic N) is 2. The molecule has 0 unspecified atom stereocenters. The molecule has 1 aliphatic heterocycles. The summed E-state index contributed by atoms with van der Waals surface area (Å²) >= 11 is 0. The van der Waals surface area contributed by atoms with Gasteiger partial charge >= 0.3 is 0 Å². The van der Waals surface area contributed by atoms with Crippen molar-refractivity contribution in [3.05, 3.63) is 89.1 Å². The van der Waals surface area contributed by atoms with Gasteiger partial charge in [0, 0.05) is 24.8 Å². The van der Waals surface area contributed by atoms with Crippen LogP contribution in [0.4, 0.5) is 0 Å². The molecule has 2 aromatic heterocycles. The van der Waals surface area contributed by atoms with E-state index in [-0.39, 0.29) is 11.8 Å². The Kier molecular flexibility index (Phi) is 4.23. The van der Waals surface area contributed by atoms with Gasteiger partial charge in [-0.2, -0.15) is 0 Å². The van der Waals surface area contributed by atoms with Crippen LogP contribution in [0.25, 0.3) is 0 Å². The highest BCUT2D eigenvalue weighted by Crippen LogP contribution is 2.27. The van der Waals surface area contributed by atoms with Crippen LogP contribution in [0.1, 0.15) is 37.5 Å². The zero-order valence-electron chi connectivity index (χ0n) is 14.0. The molecule has 4 rings (SSSR count). The summed E-state index contributed by atoms with van der Waals surface area (Å²) in [5.74, 6) is -0.407. The Morgan fingerprint density at radius 3 is 2.88 bits per heavy atom. The van der Waals surface area contributed by atoms with E-state index < -0.39 is 0 Å². The lowest BCUT2D eigenvalue weighted by atomic mass is 10.0. The number of aromatic nitrogens is 1. The summed E-state index contributed by atoms with van der Waals surface area (Å²) in [5, 5.41) is 2.83. The van der Waals surface area contributed by atoms with Gasteiger partial charge < -0.3 is 14.6 Å². The van der Waals surface area contributed by atoms with Crippen LogP contribution in [-0.2, 0) is 19.6 Å². The molecule has 0 saturated heterocycles. The smallest absolute Gasteiger partial charge is 0.255 e. The minimum Gasteiger partial charge on any atom is -0.472 e. The molecule has 6 heteroatoms. The molecular formula is C20H17N3O3. The van der Waals surface area contributed by atoms with Crippen molar-refractivity contribution in [3.8, 4) is 0 Å². The van der Waals surface area contributed by atoms with E-state index >= 15 is 0 Å². The van der Waals surface area contributed by atoms with Gasteiger partial charge in [0.05, 0.1) is 35.9 Å². The average Bonchev–Trinajstić information content (AvgIpc) is 3.29. The number of benzene rings is 1. The second-order valence-electron chi connectivity index (χ2n) is 6.14. The minimum absolute atomic E-state index is 0.139. The number of hydrogen-bond acceptors (Lipinski definition) is 4. The van der Waals surface area contributed by atoms with Gasteiger partial charge in [-0.05, 0) is 29.8 Å². The Morgan fingerprint density at radius 1 is 1.19 bits per heavy atom. The predicted octanol–water partition coefficient (Wildman–Crippen LogP) is 2.76. The van der Waals surface area contributed by atoms with Crippen molar-refractivity contribution in [2.75, 3.05) is 0 Å². The lowest BCUT2D eigenvalue weighted by Crippen LogP contribution is -2.27. The summed E-state index contributed by atoms with van der Waals surface area (Å²) < 4.78 is 5.00. The predicted molar refractivity (Wildman–Crippen MR) is 94.1 cm³/mol. The van der Waals surface area contributed by atoms with E-state index in [0.29, 0.717) is 30.8 Å². The Hall–Kier alpha value is -3.41. The molecule has 130 valence electrons. The fourth-order valence-corrected chi connectivity index (χ4v) is 3.09. The first-order valence-electron chi connectivity index (χ1n) is 8.33. The number of hydrogen-bond donors (Lipinski definition) is 1. The second-order valence-corrected chi connectivity index (χ2v) is 6.14. The van der Waals surface area contributed by atoms with Gasteiger partial charge in [0.2, 0.25) is 0 Å². The van der Waals surface area contributed by atoms with Gasteiger partial charge in [-0.3, -0.25) is 14.6 Å². The summed E-state index contributed by atoms with van der Waals surface area (Å²) in [6.45, 7) is 1.25. The van der Waals surface area contributed by atoms with Gasteiger partial charge in [-0.1, -0.05) is 18.2 Å². The fourth-order valence-electron chi connectivity index (χ4n) is 3.09. The molecule has 0 atom stereocenters. The first kappa shape index (κ1) is 16.1. The van der Waals surface area contributed by atoms with Crippen LogP contribution in [0.2, 0.25) is 0 Å². The molecule has 0 fully saturated rings. The molecule has 3 heterocycles. The molecule has 1 aliphatic rings. The van der Waals surface area contributed by atoms with Crippen LogP contribution in [0, 0.1) is 0 Å². The van der Waals surface area contributed by atoms with Crippen molar-refractivity contribution in [2.24, 2.45) is 0 Å². The fraction of sp³-hybridized carbons (Fsp3) is 0.150. The highest BCUT2D eigenvalue weighted by atomic mass is 16.3. The molecule has 26 heavy (non-hydrogen) atoms. The van der Waals surface area contributed by atoms with Crippen molar-refractivity contribution in [2.45, 2.75) is 19.6 Å². The monoisotopic (exact) mass is 347 g/mol. The number of nitrogens with one attached hydrogen (secondary N) is 1. The maximum atomic E-state index is 12.9. The molecule has 6 nitrogen and oxygen atoms in total. The minimum atomic E-state index is -0.268. The van der Waals surface area contributed by atoms with Crippen LogP contribution < -0.4 is 5.32 Å². The normalized spacial score (nSPS) is 12.9. The summed E-state index contributed by atoms with van der Waals surface area (Å²) in [6, 6.07) is 12.8. The molecule has 2 amide bonds. The first-order chi connectivity index (χ1) is 12.7. The maximum absolute atomic E-state index is 12.9. The van der Waals surface area contributed by atoms with Gasteiger partial charge in [-0.25, -0.2) is 0 Å². The second kappa shape index (κ2) is 6.84. The van der Waals surface area contributed by atoms with E-state index in [9.17, 15) is 9.59 Å². The Labute approximate surface area is 150 Å². The molecule has 0 spiro atoms. The molecule has 3 aromatic rings. The molecule has 1 N–H and O–H groups in total. The molecule has 0 radical (unpaired) electrons. The highest BCUT2D eigenvalue weighted by Gasteiger charge is 2.31. The Bertz CT molecular complexity index is 936. The van der Waals surface area contributed by atoms with Crippen LogP contribution in [-0.4, -0.2) is 21.7 Å². The van der Waals surface area contributed by atoms with E-state index in [4.69, 9.17) is 4.42 Å². The van der Waals surface area contributed by atoms with E-state index in [1.165, 1.54) is 0 Å². The quantitative estimate of drug-likeness (QED) is 0.770. The Morgan fingerprint density at radius 2 is 2.12 bits per heavy atom. The third-order valence-corrected chi connectivity index (χ3v) is 4.37. The zero-order chi connectivity index (χ0) is 17.9. The Balaban J connectivity index is 1.53. The number of pyridine rings is 1. The van der Waals surface area contributed by atoms with Crippen molar-refractivity contribution in [1.29, 1.82) is 0 Å². The number of furan rings is 1. The largest absolute Gasteiger partial charge is 0.472 e. The van der Waals surface area contributed by atoms with Crippen LogP contribution in [0.15, 0.2) is 65.6 Å². The molecule has 1 aromatic carbocycles. The summed E-state index contributed by atoms with van der Waals surface area (Å²) in [7, 11) is 0. The average molecular weight is 347 g/mol. The topological polar surface area (TPSA) is 75.4 Å². The summed E-state index contributed by atoms with van der Waals surface area (Å²) in [6.07, 6.45) is 4.84. The third kappa shape index (κ3) is 3.09. The van der Waals surface area contributed by atoms with Crippen LogP contribution in [0.3, 0.4) is 0 Å². The highest BCUT2D eigenvalue weighted by molar-refractivity contribution is 6.09. The van der Waals surface area contributed by atoms with Crippen molar-refractivity contribution in [3.63, 3.8) is 0 Å². The van der Waals surface area contributed by atoms with E-state index in [1.807, 2.05) is 30.3 Å². The zero-order valence-corrected chi connectivity index (χ0v) is 14.0. The van der Waals surface area contributed by atoms with E-state index in [1.54, 1.807) is 35.8 Å². The van der Waals surface area contributed by atoms with Crippen molar-refractivity contribution in [1.82, 2.24) is 15.2 Å². The van der Waals surface area contributed by atoms with E-state index in [0.717, 1.165) is 16.8 Å². The maximum Gasteiger partial charge on any atom is 0.255 e. The van der Waals surface area contributed by atoms with Crippen LogP contribution >= 0.6 is 0 Å². The molecule has 0 saturated carbocycles. The third-order valence-electron chi connectivity index (χ3n) is 4.37. The lowest BCUT2D eigenvalue weighted by Gasteiger charge is -2.15. The molecular weight excluding hydrogens is 330 g/mol. The number of amides is 2. The SMILES string of the molecule is O=C(NCc1ccoc1)c1cccc2c1C(=O)N(Cc1ccccn1)C2. The number of fused-ring (bicyclic) bond motifs is 1. The lowest BCUT2D eigenvalue weighted by molar-refractivity contribution is 0.0759. The van der Waals surface area contributed by atoms with Gasteiger partial charge in [0.1, 0.15) is 0 Å². The number of carbonyl (C=O) groups excluding carboxylic acids is 2. The van der Waals surface area contributed by atoms with Crippen molar-refractivity contribution >= 4 is 11.8 Å². The number of carbonyl (C=O) groups is 2. The van der Waals surface area contributed by atoms with Gasteiger partial charge in [0.15, 0.2) is 0 Å². The van der Waals surface area contributed by atoms with E-state index in [2.05, 4.69) is 10.3 Å². The van der Waals surface area contributed by atoms with Gasteiger partial charge in [0.25, 0.3) is 11.8 Å². The summed E-state index contributed by atoms with van der Waals surface area (Å²) in [5.41, 5.74) is 3.43. The van der Waals surface area contributed by atoms with Crippen LogP contribution in [0.5, 0.6) is 0 Å². The molecule has 0 bridgehead atoms.